The lowest BCUT2D eigenvalue weighted by atomic mass is 9.68. The Hall–Kier alpha value is -1.42. The van der Waals surface area contributed by atoms with E-state index in [9.17, 15) is 5.11 Å². The molecule has 1 saturated heterocycles. The summed E-state index contributed by atoms with van der Waals surface area (Å²) in [5.41, 5.74) is 0.822. The first kappa shape index (κ1) is 22.3. The van der Waals surface area contributed by atoms with Crippen LogP contribution in [0.1, 0.15) is 65.4 Å². The highest BCUT2D eigenvalue weighted by Crippen LogP contribution is 2.49. The molecule has 1 aliphatic carbocycles. The molecule has 0 bridgehead atoms. The molecule has 2 aliphatic rings. The van der Waals surface area contributed by atoms with Crippen LogP contribution in [0.25, 0.3) is 0 Å². The van der Waals surface area contributed by atoms with Crippen molar-refractivity contribution in [3.05, 3.63) is 60.7 Å². The minimum Gasteiger partial charge on any atom is -0.381 e. The number of rotatable bonds is 7. The average molecular weight is 398 g/mol. The quantitative estimate of drug-likeness (QED) is 0.603. The number of allylic oxidation sites excluding steroid dienone is 1. The maximum Gasteiger partial charge on any atom is 0.145 e. The third-order valence-electron chi connectivity index (χ3n) is 7.14. The van der Waals surface area contributed by atoms with Gasteiger partial charge in [0.15, 0.2) is 0 Å². The molecule has 0 amide bonds. The van der Waals surface area contributed by atoms with Gasteiger partial charge in [0.05, 0.1) is 6.10 Å². The van der Waals surface area contributed by atoms with Crippen LogP contribution in [-0.2, 0) is 10.3 Å². The number of hydrogen-bond acceptors (Lipinski definition) is 3. The van der Waals surface area contributed by atoms with Gasteiger partial charge in [0.25, 0.3) is 0 Å². The van der Waals surface area contributed by atoms with Crippen molar-refractivity contribution in [2.75, 3.05) is 6.54 Å². The Kier molecular flexibility index (Phi) is 6.72. The van der Waals surface area contributed by atoms with Crippen molar-refractivity contribution < 1.29 is 9.84 Å². The van der Waals surface area contributed by atoms with Crippen molar-refractivity contribution in [2.24, 2.45) is 11.8 Å². The molecule has 0 spiro atoms. The van der Waals surface area contributed by atoms with Gasteiger partial charge in [-0.2, -0.15) is 0 Å². The third kappa shape index (κ3) is 4.38. The lowest BCUT2D eigenvalue weighted by Crippen LogP contribution is -2.69. The first-order valence-electron chi connectivity index (χ1n) is 11.2. The minimum absolute atomic E-state index is 0.0797. The molecular formula is C26H39NO2. The summed E-state index contributed by atoms with van der Waals surface area (Å²) >= 11 is 0. The van der Waals surface area contributed by atoms with Crippen LogP contribution in [-0.4, -0.2) is 34.4 Å². The van der Waals surface area contributed by atoms with Crippen molar-refractivity contribution in [3.63, 3.8) is 0 Å². The average Bonchev–Trinajstić information content (AvgIpc) is 2.68. The summed E-state index contributed by atoms with van der Waals surface area (Å²) in [4.78, 5) is 2.38. The van der Waals surface area contributed by atoms with E-state index in [-0.39, 0.29) is 11.6 Å². The third-order valence-corrected chi connectivity index (χ3v) is 7.14. The van der Waals surface area contributed by atoms with Crippen LogP contribution in [0.2, 0.25) is 0 Å². The predicted molar refractivity (Wildman–Crippen MR) is 121 cm³/mol. The maximum atomic E-state index is 12.2. The van der Waals surface area contributed by atoms with Crippen molar-refractivity contribution in [3.8, 4) is 0 Å². The van der Waals surface area contributed by atoms with Gasteiger partial charge in [-0.05, 0) is 57.9 Å². The summed E-state index contributed by atoms with van der Waals surface area (Å²) in [5.74, 6) is 1.13. The van der Waals surface area contributed by atoms with Gasteiger partial charge in [-0.1, -0.05) is 61.9 Å². The minimum atomic E-state index is -1.10. The first-order valence-corrected chi connectivity index (χ1v) is 11.2. The van der Waals surface area contributed by atoms with Gasteiger partial charge in [0, 0.05) is 18.0 Å². The van der Waals surface area contributed by atoms with Crippen molar-refractivity contribution in [2.45, 2.75) is 83.3 Å². The molecule has 3 rings (SSSR count). The molecule has 1 aromatic carbocycles. The van der Waals surface area contributed by atoms with Crippen LogP contribution in [0.5, 0.6) is 0 Å². The van der Waals surface area contributed by atoms with Gasteiger partial charge >= 0.3 is 0 Å². The smallest absolute Gasteiger partial charge is 0.145 e. The lowest BCUT2D eigenvalue weighted by Gasteiger charge is -2.60. The zero-order valence-electron chi connectivity index (χ0n) is 18.7. The summed E-state index contributed by atoms with van der Waals surface area (Å²) in [5, 5.41) is 12.2. The van der Waals surface area contributed by atoms with E-state index in [0.29, 0.717) is 18.3 Å². The van der Waals surface area contributed by atoms with E-state index in [2.05, 4.69) is 45.8 Å². The molecule has 3 heteroatoms. The molecule has 2 fully saturated rings. The second kappa shape index (κ2) is 8.75. The van der Waals surface area contributed by atoms with E-state index >= 15 is 0 Å². The molecule has 0 radical (unpaired) electrons. The van der Waals surface area contributed by atoms with Gasteiger partial charge < -0.3 is 9.84 Å². The van der Waals surface area contributed by atoms with Crippen molar-refractivity contribution >= 4 is 0 Å². The van der Waals surface area contributed by atoms with Gasteiger partial charge in [0.1, 0.15) is 11.8 Å². The largest absolute Gasteiger partial charge is 0.381 e. The molecule has 1 heterocycles. The second-order valence-electron chi connectivity index (χ2n) is 9.91. The zero-order chi connectivity index (χ0) is 21.2. The number of ether oxygens (including phenoxy) is 1. The Morgan fingerprint density at radius 1 is 1.31 bits per heavy atom. The fourth-order valence-electron chi connectivity index (χ4n) is 5.45. The zero-order valence-corrected chi connectivity index (χ0v) is 18.7. The number of fused-ring (bicyclic) bond motifs is 1. The van der Waals surface area contributed by atoms with E-state index < -0.39 is 11.8 Å². The molecule has 3 nitrogen and oxygen atoms in total. The van der Waals surface area contributed by atoms with Crippen LogP contribution in [0.15, 0.2) is 55.1 Å². The molecule has 5 atom stereocenters. The fourth-order valence-corrected chi connectivity index (χ4v) is 5.45. The number of benzene rings is 1. The van der Waals surface area contributed by atoms with E-state index in [1.165, 1.54) is 12.8 Å². The van der Waals surface area contributed by atoms with Crippen LogP contribution >= 0.6 is 0 Å². The Morgan fingerprint density at radius 3 is 2.62 bits per heavy atom. The van der Waals surface area contributed by atoms with Gasteiger partial charge in [-0.15, -0.1) is 6.58 Å². The summed E-state index contributed by atoms with van der Waals surface area (Å²) in [6.45, 7) is 17.9. The molecule has 0 unspecified atom stereocenters. The Balaban J connectivity index is 2.07. The summed E-state index contributed by atoms with van der Waals surface area (Å²) in [7, 11) is 0. The number of hydrogen-bond donors (Lipinski definition) is 1. The van der Waals surface area contributed by atoms with E-state index in [0.717, 1.165) is 30.5 Å². The maximum absolute atomic E-state index is 12.2. The number of nitrogens with zero attached hydrogens (tertiary/aromatic N) is 1. The van der Waals surface area contributed by atoms with Crippen molar-refractivity contribution in [1.29, 1.82) is 0 Å². The van der Waals surface area contributed by atoms with Crippen molar-refractivity contribution in [1.82, 2.24) is 4.90 Å². The fraction of sp³-hybridized carbons (Fsp3) is 0.615. The highest BCUT2D eigenvalue weighted by Gasteiger charge is 2.56. The molecular weight excluding hydrogens is 358 g/mol. The molecule has 0 aromatic heterocycles. The summed E-state index contributed by atoms with van der Waals surface area (Å²) in [6, 6.07) is 10.0. The highest BCUT2D eigenvalue weighted by atomic mass is 16.5. The molecule has 29 heavy (non-hydrogen) atoms. The Bertz CT molecular complexity index is 713. The SMILES string of the molecule is C=CCC[C@](O)(c1ccccc1)[C@@H]1O[C@@H]2C[C@H](C)CC[C@H]2C(C)(C)N1CC(=C)C. The Morgan fingerprint density at radius 2 is 2.00 bits per heavy atom. The van der Waals surface area contributed by atoms with E-state index in [4.69, 9.17) is 4.74 Å². The topological polar surface area (TPSA) is 32.7 Å². The van der Waals surface area contributed by atoms with Crippen LogP contribution < -0.4 is 0 Å². The highest BCUT2D eigenvalue weighted by molar-refractivity contribution is 5.25. The molecule has 1 aromatic rings. The van der Waals surface area contributed by atoms with E-state index in [1.54, 1.807) is 0 Å². The molecule has 1 saturated carbocycles. The van der Waals surface area contributed by atoms with Gasteiger partial charge in [-0.3, -0.25) is 4.90 Å². The monoisotopic (exact) mass is 397 g/mol. The van der Waals surface area contributed by atoms with E-state index in [1.807, 2.05) is 36.4 Å². The molecule has 160 valence electrons. The van der Waals surface area contributed by atoms with Crippen LogP contribution in [0.4, 0.5) is 0 Å². The van der Waals surface area contributed by atoms with Crippen LogP contribution in [0.3, 0.4) is 0 Å². The van der Waals surface area contributed by atoms with Gasteiger partial charge in [0.2, 0.25) is 0 Å². The Labute approximate surface area is 177 Å². The molecule has 1 aliphatic heterocycles. The second-order valence-corrected chi connectivity index (χ2v) is 9.91. The molecule has 1 N–H and O–H groups in total. The van der Waals surface area contributed by atoms with Gasteiger partial charge in [-0.25, -0.2) is 0 Å². The summed E-state index contributed by atoms with van der Waals surface area (Å²) < 4.78 is 6.83. The lowest BCUT2D eigenvalue weighted by molar-refractivity contribution is -0.289. The first-order chi connectivity index (χ1) is 13.7. The number of aliphatic hydroxyl groups is 1. The standard InChI is InChI=1S/C26H39NO2/c1-7-8-16-26(28,21-12-10-9-11-13-21)24-27(18-19(2)3)25(5,6)22-15-14-20(4)17-23(22)29-24/h7,9-13,20,22-24,28H,1-2,8,14-18H2,3-6H3/t20-,22-,23-,24+,26+/m1/s1. The normalized spacial score (nSPS) is 31.5. The summed E-state index contributed by atoms with van der Waals surface area (Å²) in [6.07, 6.45) is 6.46. The predicted octanol–water partition coefficient (Wildman–Crippen LogP) is 5.66. The van der Waals surface area contributed by atoms with Crippen LogP contribution in [0, 0.1) is 11.8 Å².